The van der Waals surface area contributed by atoms with Crippen molar-refractivity contribution in [3.8, 4) is 0 Å². The molecule has 4 atom stereocenters. The van der Waals surface area contributed by atoms with E-state index in [-0.39, 0.29) is 30.2 Å². The average molecular weight is 416 g/mol. The lowest BCUT2D eigenvalue weighted by molar-refractivity contribution is -0.169. The first-order chi connectivity index (χ1) is 13.2. The number of thioether (sulfide) groups is 1. The monoisotopic (exact) mass is 416 g/mol. The number of aliphatic hydroxyl groups is 2. The van der Waals surface area contributed by atoms with Crippen LogP contribution < -0.4 is 11.5 Å². The van der Waals surface area contributed by atoms with Crippen LogP contribution in [-0.2, 0) is 14.3 Å². The number of ether oxygens (including phenoxy) is 1. The summed E-state index contributed by atoms with van der Waals surface area (Å²) in [6.45, 7) is 1.03. The lowest BCUT2D eigenvalue weighted by Gasteiger charge is -2.51. The maximum Gasteiger partial charge on any atom is 0.404 e. The van der Waals surface area contributed by atoms with Crippen LogP contribution in [0, 0.1) is 11.3 Å². The van der Waals surface area contributed by atoms with Crippen molar-refractivity contribution < 1.29 is 34.4 Å². The van der Waals surface area contributed by atoms with Crippen LogP contribution in [0.4, 0.5) is 4.79 Å². The lowest BCUT2D eigenvalue weighted by Crippen LogP contribution is -2.67. The van der Waals surface area contributed by atoms with Crippen LogP contribution in [0.1, 0.15) is 13.3 Å². The van der Waals surface area contributed by atoms with Crippen LogP contribution in [0.25, 0.3) is 0 Å². The summed E-state index contributed by atoms with van der Waals surface area (Å²) in [7, 11) is 0. The predicted octanol–water partition coefficient (Wildman–Crippen LogP) is -1.31. The van der Waals surface area contributed by atoms with E-state index in [0.717, 1.165) is 23.0 Å². The number of amides is 2. The molecule has 2 aliphatic heterocycles. The number of hydrogen-bond acceptors (Lipinski definition) is 8. The van der Waals surface area contributed by atoms with E-state index in [2.05, 4.69) is 4.99 Å². The molecule has 2 amide bonds. The molecule has 2 heterocycles. The molecule has 0 spiro atoms. The topological polar surface area (TPSA) is 189 Å². The average Bonchev–Trinajstić information content (AvgIpc) is 2.84. The van der Waals surface area contributed by atoms with Crippen molar-refractivity contribution in [2.75, 3.05) is 25.5 Å². The first-order valence-corrected chi connectivity index (χ1v) is 9.56. The van der Waals surface area contributed by atoms with Gasteiger partial charge in [0.1, 0.15) is 12.3 Å². The molecule has 0 aromatic heterocycles. The van der Waals surface area contributed by atoms with Gasteiger partial charge in [-0.05, 0) is 13.3 Å². The van der Waals surface area contributed by atoms with Crippen molar-refractivity contribution in [3.05, 3.63) is 10.6 Å². The molecule has 0 bridgehead atoms. The summed E-state index contributed by atoms with van der Waals surface area (Å²) in [6.07, 6.45) is -0.985. The van der Waals surface area contributed by atoms with Gasteiger partial charge in [0, 0.05) is 17.3 Å². The maximum absolute atomic E-state index is 12.6. The fraction of sp³-hybridized carbons (Fsp3) is 0.625. The molecule has 28 heavy (non-hydrogen) atoms. The Hall–Kier alpha value is -2.31. The molecule has 0 aromatic rings. The summed E-state index contributed by atoms with van der Waals surface area (Å²) in [6, 6.07) is -0.780. The van der Waals surface area contributed by atoms with Gasteiger partial charge in [-0.15, -0.1) is 11.8 Å². The number of hydrogen-bond donors (Lipinski definition) is 5. The number of fused-ring (bicyclic) bond motifs is 1. The summed E-state index contributed by atoms with van der Waals surface area (Å²) < 4.78 is 5.00. The Kier molecular flexibility index (Phi) is 6.91. The highest BCUT2D eigenvalue weighted by molar-refractivity contribution is 8.03. The van der Waals surface area contributed by atoms with Gasteiger partial charge >= 0.3 is 12.1 Å². The molecular weight excluding hydrogens is 392 g/mol. The third-order valence-corrected chi connectivity index (χ3v) is 6.21. The van der Waals surface area contributed by atoms with Crippen LogP contribution in [0.5, 0.6) is 0 Å². The zero-order valence-electron chi connectivity index (χ0n) is 15.3. The Bertz CT molecular complexity index is 711. The molecule has 4 unspecified atom stereocenters. The number of aliphatic imine (C=N–C) groups is 1. The highest BCUT2D eigenvalue weighted by Crippen LogP contribution is 2.59. The van der Waals surface area contributed by atoms with Gasteiger partial charge in [-0.2, -0.15) is 0 Å². The van der Waals surface area contributed by atoms with E-state index in [0.29, 0.717) is 12.3 Å². The molecule has 12 heteroatoms. The number of carbonyl (C=O) groups is 3. The Labute approximate surface area is 165 Å². The maximum atomic E-state index is 12.6. The second-order valence-corrected chi connectivity index (χ2v) is 7.65. The largest absolute Gasteiger partial charge is 0.477 e. The number of carboxylic acid groups (broad SMARTS) is 1. The van der Waals surface area contributed by atoms with Crippen LogP contribution >= 0.6 is 11.8 Å². The molecule has 0 saturated carbocycles. The van der Waals surface area contributed by atoms with Crippen LogP contribution in [0.3, 0.4) is 0 Å². The van der Waals surface area contributed by atoms with Gasteiger partial charge in [-0.1, -0.05) is 0 Å². The van der Waals surface area contributed by atoms with Crippen LogP contribution in [0.15, 0.2) is 15.6 Å². The fourth-order valence-electron chi connectivity index (χ4n) is 3.87. The first kappa shape index (κ1) is 22.0. The summed E-state index contributed by atoms with van der Waals surface area (Å²) in [5, 5.41) is 29.5. The second-order valence-electron chi connectivity index (χ2n) is 6.54. The zero-order chi connectivity index (χ0) is 21.1. The third kappa shape index (κ3) is 3.66. The van der Waals surface area contributed by atoms with E-state index in [1.807, 2.05) is 0 Å². The predicted molar refractivity (Wildman–Crippen MR) is 100 cm³/mol. The Morgan fingerprint density at radius 2 is 2.18 bits per heavy atom. The molecule has 11 nitrogen and oxygen atoms in total. The van der Waals surface area contributed by atoms with Crippen molar-refractivity contribution in [2.24, 2.45) is 27.8 Å². The molecule has 1 saturated heterocycles. The van der Waals surface area contributed by atoms with Gasteiger partial charge in [0.05, 0.1) is 36.4 Å². The van der Waals surface area contributed by atoms with Gasteiger partial charge in [-0.3, -0.25) is 14.7 Å². The van der Waals surface area contributed by atoms with E-state index in [1.165, 1.54) is 6.92 Å². The van der Waals surface area contributed by atoms with E-state index >= 15 is 0 Å². The number of carbonyl (C=O) groups excluding carboxylic acids is 2. The van der Waals surface area contributed by atoms with Gasteiger partial charge in [0.25, 0.3) is 0 Å². The molecular formula is C16H24N4O7S. The molecule has 0 aliphatic carbocycles. The van der Waals surface area contributed by atoms with Crippen molar-refractivity contribution in [1.82, 2.24) is 4.90 Å². The third-order valence-electron chi connectivity index (χ3n) is 4.94. The number of nitrogens with two attached hydrogens (primary N) is 2. The molecule has 1 fully saturated rings. The molecule has 7 N–H and O–H groups in total. The van der Waals surface area contributed by atoms with E-state index in [1.54, 1.807) is 0 Å². The minimum Gasteiger partial charge on any atom is -0.477 e. The number of rotatable bonds is 10. The van der Waals surface area contributed by atoms with Gasteiger partial charge in [-0.25, -0.2) is 9.59 Å². The van der Waals surface area contributed by atoms with Crippen molar-refractivity contribution >= 4 is 36.1 Å². The smallest absolute Gasteiger partial charge is 0.404 e. The molecule has 2 aliphatic rings. The minimum absolute atomic E-state index is 0.0111. The van der Waals surface area contributed by atoms with Crippen LogP contribution in [0.2, 0.25) is 0 Å². The van der Waals surface area contributed by atoms with Crippen LogP contribution in [-0.4, -0.2) is 82.2 Å². The summed E-state index contributed by atoms with van der Waals surface area (Å²) in [5.41, 5.74) is 8.87. The highest BCUT2D eigenvalue weighted by Gasteiger charge is 2.68. The molecule has 0 aromatic carbocycles. The van der Waals surface area contributed by atoms with Crippen molar-refractivity contribution in [1.29, 1.82) is 0 Å². The minimum atomic E-state index is -1.33. The number of aliphatic hydroxyl groups excluding tert-OH is 2. The number of carboxylic acids is 1. The SMILES string of the molecule is CC(O)C1C(=O)N2C(C(=O)O)=C(SCCN=CN)C(CCO)(COC(N)=O)C12. The van der Waals surface area contributed by atoms with E-state index in [9.17, 15) is 29.7 Å². The van der Waals surface area contributed by atoms with Gasteiger partial charge < -0.3 is 31.5 Å². The Morgan fingerprint density at radius 3 is 2.68 bits per heavy atom. The van der Waals surface area contributed by atoms with Crippen molar-refractivity contribution in [3.63, 3.8) is 0 Å². The number of β-lactam (4-membered cyclic amide) rings is 1. The normalized spacial score (nSPS) is 27.7. The molecule has 156 valence electrons. The molecule has 0 radical (unpaired) electrons. The number of nitrogens with zero attached hydrogens (tertiary/aromatic N) is 2. The van der Waals surface area contributed by atoms with Gasteiger partial charge in [0.2, 0.25) is 5.91 Å². The summed E-state index contributed by atoms with van der Waals surface area (Å²) in [4.78, 5) is 41.0. The lowest BCUT2D eigenvalue weighted by atomic mass is 9.68. The number of aliphatic carboxylic acids is 1. The quantitative estimate of drug-likeness (QED) is 0.125. The summed E-state index contributed by atoms with van der Waals surface area (Å²) >= 11 is 1.13. The standard InChI is InChI=1S/C16H24N4O7S/c1-8(22)9-11-16(2-4-21,6-27-15(18)26)12(28-5-3-19-7-17)10(14(24)25)20(11)13(9)23/h7-9,11,21-22H,2-6H2,1H3,(H2,17,19)(H2,18,26)(H,24,25). The highest BCUT2D eigenvalue weighted by atomic mass is 32.2. The molecule has 2 rings (SSSR count). The number of primary amides is 1. The van der Waals surface area contributed by atoms with Gasteiger partial charge in [0.15, 0.2) is 0 Å². The van der Waals surface area contributed by atoms with E-state index in [4.69, 9.17) is 16.2 Å². The van der Waals surface area contributed by atoms with E-state index < -0.39 is 41.4 Å². The van der Waals surface area contributed by atoms with Crippen molar-refractivity contribution in [2.45, 2.75) is 25.5 Å². The Morgan fingerprint density at radius 1 is 1.50 bits per heavy atom. The first-order valence-electron chi connectivity index (χ1n) is 8.58. The second kappa shape index (κ2) is 8.80. The Balaban J connectivity index is 2.55. The summed E-state index contributed by atoms with van der Waals surface area (Å²) in [5.74, 6) is -2.41. The fourth-order valence-corrected chi connectivity index (χ4v) is 5.16. The zero-order valence-corrected chi connectivity index (χ0v) is 16.1.